The second kappa shape index (κ2) is 9.41. The van der Waals surface area contributed by atoms with Gasteiger partial charge in [0.25, 0.3) is 5.56 Å². The number of anilines is 1. The number of aliphatic hydroxyl groups is 1. The first-order valence-corrected chi connectivity index (χ1v) is 11.1. The van der Waals surface area contributed by atoms with Crippen LogP contribution in [0.2, 0.25) is 0 Å². The van der Waals surface area contributed by atoms with Crippen molar-refractivity contribution in [2.75, 3.05) is 32.1 Å². The summed E-state index contributed by atoms with van der Waals surface area (Å²) in [7, 11) is 1.66. The first kappa shape index (κ1) is 21.2. The van der Waals surface area contributed by atoms with Crippen LogP contribution in [-0.4, -0.2) is 58.6 Å². The highest BCUT2D eigenvalue weighted by molar-refractivity contribution is 5.81. The molecule has 164 valence electrons. The molecule has 3 heterocycles. The van der Waals surface area contributed by atoms with Crippen molar-refractivity contribution in [3.8, 4) is 0 Å². The number of fused-ring (bicyclic) bond motifs is 1. The van der Waals surface area contributed by atoms with E-state index in [1.165, 1.54) is 0 Å². The number of aromatic nitrogens is 3. The minimum atomic E-state index is -0.218. The molecular weight excluding hydrogens is 382 g/mol. The van der Waals surface area contributed by atoms with E-state index in [0.717, 1.165) is 62.7 Å². The zero-order chi connectivity index (χ0) is 21.1. The lowest BCUT2D eigenvalue weighted by Gasteiger charge is -2.29. The molecule has 2 aromatic rings. The van der Waals surface area contributed by atoms with Crippen molar-refractivity contribution >= 4 is 16.9 Å². The Balaban J connectivity index is 1.78. The molecule has 0 spiro atoms. The van der Waals surface area contributed by atoms with Crippen LogP contribution in [0.3, 0.4) is 0 Å². The third kappa shape index (κ3) is 4.50. The smallest absolute Gasteiger partial charge is 0.261 e. The molecule has 1 atom stereocenters. The maximum atomic E-state index is 13.3. The Morgan fingerprint density at radius 2 is 2.00 bits per heavy atom. The van der Waals surface area contributed by atoms with Crippen molar-refractivity contribution in [1.82, 2.24) is 19.9 Å². The van der Waals surface area contributed by atoms with Crippen molar-refractivity contribution in [3.63, 3.8) is 0 Å². The van der Waals surface area contributed by atoms with Gasteiger partial charge in [-0.25, -0.2) is 9.97 Å². The number of hydrogen-bond acceptors (Lipinski definition) is 7. The summed E-state index contributed by atoms with van der Waals surface area (Å²) >= 11 is 0. The highest BCUT2D eigenvalue weighted by Gasteiger charge is 2.26. The molecule has 2 aromatic heterocycles. The Morgan fingerprint density at radius 3 is 2.70 bits per heavy atom. The number of ether oxygens (including phenoxy) is 1. The number of pyridine rings is 1. The van der Waals surface area contributed by atoms with Gasteiger partial charge in [0.05, 0.1) is 23.6 Å². The van der Waals surface area contributed by atoms with Crippen molar-refractivity contribution in [1.29, 1.82) is 0 Å². The molecule has 8 heteroatoms. The molecule has 1 unspecified atom stereocenters. The standard InChI is InChI=1S/C22H33N5O3/c1-14(13-30-2)25-22-24-11-18-20(26-22)19(15-3-5-17(28)6-4-15)12-27(21(18)29)16-7-9-23-10-8-16/h11-12,14-17,23,28H,3-10,13H2,1-2H3,(H,24,25,26)/t14?,15-,17-. The number of nitrogens with zero attached hydrogens (tertiary/aromatic N) is 3. The van der Waals surface area contributed by atoms with Gasteiger partial charge in [0, 0.05) is 31.6 Å². The van der Waals surface area contributed by atoms with Crippen LogP contribution in [0.25, 0.3) is 10.9 Å². The van der Waals surface area contributed by atoms with E-state index in [1.807, 2.05) is 11.5 Å². The van der Waals surface area contributed by atoms with E-state index in [2.05, 4.69) is 21.8 Å². The van der Waals surface area contributed by atoms with Crippen LogP contribution in [0.1, 0.15) is 63.0 Å². The number of piperidine rings is 1. The Hall–Kier alpha value is -2.03. The van der Waals surface area contributed by atoms with Gasteiger partial charge in [0.1, 0.15) is 0 Å². The monoisotopic (exact) mass is 415 g/mol. The molecule has 1 saturated carbocycles. The van der Waals surface area contributed by atoms with Gasteiger partial charge in [-0.1, -0.05) is 0 Å². The SMILES string of the molecule is COCC(C)Nc1ncc2c(=O)n(C3CCNCC3)cc([C@H]3CC[C@H](O)CC3)c2n1. The molecule has 4 rings (SSSR count). The van der Waals surface area contributed by atoms with Gasteiger partial charge >= 0.3 is 0 Å². The van der Waals surface area contributed by atoms with Crippen LogP contribution in [0, 0.1) is 0 Å². The van der Waals surface area contributed by atoms with E-state index in [1.54, 1.807) is 13.3 Å². The summed E-state index contributed by atoms with van der Waals surface area (Å²) < 4.78 is 7.12. The number of hydrogen-bond donors (Lipinski definition) is 3. The van der Waals surface area contributed by atoms with E-state index in [4.69, 9.17) is 9.72 Å². The summed E-state index contributed by atoms with van der Waals surface area (Å²) in [6.07, 6.45) is 8.81. The summed E-state index contributed by atoms with van der Waals surface area (Å²) in [5.74, 6) is 0.812. The maximum absolute atomic E-state index is 13.3. The average molecular weight is 416 g/mol. The molecule has 3 N–H and O–H groups in total. The minimum Gasteiger partial charge on any atom is -0.393 e. The highest BCUT2D eigenvalue weighted by Crippen LogP contribution is 2.36. The summed E-state index contributed by atoms with van der Waals surface area (Å²) in [5, 5.41) is 17.2. The van der Waals surface area contributed by atoms with Gasteiger partial charge in [0.15, 0.2) is 0 Å². The lowest BCUT2D eigenvalue weighted by Crippen LogP contribution is -2.35. The van der Waals surface area contributed by atoms with Crippen LogP contribution in [-0.2, 0) is 4.74 Å². The quantitative estimate of drug-likeness (QED) is 0.665. The number of rotatable bonds is 6. The molecule has 0 bridgehead atoms. The fraction of sp³-hybridized carbons (Fsp3) is 0.682. The molecule has 1 aliphatic carbocycles. The van der Waals surface area contributed by atoms with Gasteiger partial charge in [0.2, 0.25) is 5.95 Å². The molecule has 1 saturated heterocycles. The van der Waals surface area contributed by atoms with E-state index in [9.17, 15) is 9.90 Å². The normalized spacial score (nSPS) is 24.1. The molecule has 2 aliphatic rings. The number of nitrogens with one attached hydrogen (secondary N) is 2. The van der Waals surface area contributed by atoms with Crippen molar-refractivity contribution in [2.24, 2.45) is 0 Å². The zero-order valence-corrected chi connectivity index (χ0v) is 17.9. The van der Waals surface area contributed by atoms with E-state index >= 15 is 0 Å². The molecule has 0 radical (unpaired) electrons. The molecule has 2 fully saturated rings. The van der Waals surface area contributed by atoms with Crippen LogP contribution in [0.15, 0.2) is 17.2 Å². The molecule has 0 aromatic carbocycles. The van der Waals surface area contributed by atoms with E-state index in [0.29, 0.717) is 23.9 Å². The number of aliphatic hydroxyl groups excluding tert-OH is 1. The van der Waals surface area contributed by atoms with Crippen LogP contribution >= 0.6 is 0 Å². The van der Waals surface area contributed by atoms with Crippen LogP contribution in [0.5, 0.6) is 0 Å². The van der Waals surface area contributed by atoms with Crippen molar-refractivity contribution < 1.29 is 9.84 Å². The molecule has 30 heavy (non-hydrogen) atoms. The zero-order valence-electron chi connectivity index (χ0n) is 17.9. The predicted octanol–water partition coefficient (Wildman–Crippen LogP) is 2.18. The van der Waals surface area contributed by atoms with Crippen LogP contribution < -0.4 is 16.2 Å². The summed E-state index contributed by atoms with van der Waals surface area (Å²) in [4.78, 5) is 22.5. The third-order valence-electron chi connectivity index (χ3n) is 6.44. The summed E-state index contributed by atoms with van der Waals surface area (Å²) in [5.41, 5.74) is 1.85. The largest absolute Gasteiger partial charge is 0.393 e. The van der Waals surface area contributed by atoms with Gasteiger partial charge in [-0.15, -0.1) is 0 Å². The lowest BCUT2D eigenvalue weighted by atomic mass is 9.82. The lowest BCUT2D eigenvalue weighted by molar-refractivity contribution is 0.122. The topological polar surface area (TPSA) is 101 Å². The van der Waals surface area contributed by atoms with Gasteiger partial charge < -0.3 is 25.0 Å². The summed E-state index contributed by atoms with van der Waals surface area (Å²) in [6.45, 7) is 4.41. The maximum Gasteiger partial charge on any atom is 0.261 e. The van der Waals surface area contributed by atoms with Crippen molar-refractivity contribution in [3.05, 3.63) is 28.3 Å². The fourth-order valence-corrected chi connectivity index (χ4v) is 4.79. The van der Waals surface area contributed by atoms with Gasteiger partial charge in [-0.05, 0) is 70.0 Å². The Labute approximate surface area is 177 Å². The molecule has 1 aliphatic heterocycles. The summed E-state index contributed by atoms with van der Waals surface area (Å²) in [6, 6.07) is 0.270. The fourth-order valence-electron chi connectivity index (χ4n) is 4.79. The Morgan fingerprint density at radius 1 is 1.27 bits per heavy atom. The second-order valence-corrected chi connectivity index (χ2v) is 8.74. The third-order valence-corrected chi connectivity index (χ3v) is 6.44. The highest BCUT2D eigenvalue weighted by atomic mass is 16.5. The Kier molecular flexibility index (Phi) is 6.65. The van der Waals surface area contributed by atoms with Gasteiger partial charge in [-0.2, -0.15) is 0 Å². The van der Waals surface area contributed by atoms with Gasteiger partial charge in [-0.3, -0.25) is 4.79 Å². The predicted molar refractivity (Wildman–Crippen MR) is 117 cm³/mol. The molecular formula is C22H33N5O3. The van der Waals surface area contributed by atoms with Crippen molar-refractivity contribution in [2.45, 2.75) is 69.6 Å². The molecule has 0 amide bonds. The average Bonchev–Trinajstić information content (AvgIpc) is 2.75. The van der Waals surface area contributed by atoms with E-state index < -0.39 is 0 Å². The second-order valence-electron chi connectivity index (χ2n) is 8.74. The molecule has 8 nitrogen and oxygen atoms in total. The first-order valence-electron chi connectivity index (χ1n) is 11.1. The van der Waals surface area contributed by atoms with E-state index in [-0.39, 0.29) is 23.7 Å². The van der Waals surface area contributed by atoms with Crippen LogP contribution in [0.4, 0.5) is 5.95 Å². The minimum absolute atomic E-state index is 0.00650. The Bertz CT molecular complexity index is 917. The first-order chi connectivity index (χ1) is 14.6. The number of methoxy groups -OCH3 is 1.